The molecule has 0 saturated heterocycles. The van der Waals surface area contributed by atoms with E-state index in [1.165, 1.54) is 19.1 Å². The zero-order valence-corrected chi connectivity index (χ0v) is 10.2. The van der Waals surface area contributed by atoms with E-state index in [-0.39, 0.29) is 29.4 Å². The maximum atomic E-state index is 10.7. The Hall–Kier alpha value is -2.19. The van der Waals surface area contributed by atoms with Crippen LogP contribution < -0.4 is 11.1 Å². The molecule has 0 aliphatic heterocycles. The maximum Gasteiger partial charge on any atom is 0.271 e. The molecule has 0 bridgehead atoms. The van der Waals surface area contributed by atoms with Gasteiger partial charge in [0.1, 0.15) is 12.2 Å². The number of non-ortho nitro benzene ring substituents is 1. The molecule has 8 heteroatoms. The van der Waals surface area contributed by atoms with Gasteiger partial charge in [0, 0.05) is 36.9 Å². The molecule has 1 rings (SSSR count). The number of hydrogen-bond donors (Lipinski definition) is 4. The largest absolute Gasteiger partial charge is 0.398 e. The lowest BCUT2D eigenvalue weighted by Crippen LogP contribution is -2.34. The molecule has 19 heavy (non-hydrogen) atoms. The van der Waals surface area contributed by atoms with Crippen molar-refractivity contribution in [3.8, 4) is 0 Å². The molecule has 0 heterocycles. The van der Waals surface area contributed by atoms with Crippen molar-refractivity contribution in [2.45, 2.75) is 19.1 Å². The average Bonchev–Trinajstić information content (AvgIpc) is 2.34. The Balaban J connectivity index is 2.84. The summed E-state index contributed by atoms with van der Waals surface area (Å²) in [6.07, 6.45) is -2.60. The highest BCUT2D eigenvalue weighted by Gasteiger charge is 2.22. The summed E-state index contributed by atoms with van der Waals surface area (Å²) in [5.74, 6) is -0.345. The minimum absolute atomic E-state index is 0.00331. The number of nitrogens with two attached hydrogens (primary N) is 1. The summed E-state index contributed by atoms with van der Waals surface area (Å²) in [7, 11) is 0. The van der Waals surface area contributed by atoms with Gasteiger partial charge in [0.2, 0.25) is 5.91 Å². The minimum atomic E-state index is -1.34. The molecule has 0 radical (unpaired) electrons. The molecule has 2 atom stereocenters. The van der Waals surface area contributed by atoms with Crippen molar-refractivity contribution in [2.24, 2.45) is 0 Å². The van der Waals surface area contributed by atoms with Crippen molar-refractivity contribution in [3.05, 3.63) is 33.9 Å². The molecule has 104 valence electrons. The molecule has 1 amide bonds. The molecule has 0 aromatic heterocycles. The van der Waals surface area contributed by atoms with Crippen LogP contribution in [0.5, 0.6) is 0 Å². The predicted molar refractivity (Wildman–Crippen MR) is 67.2 cm³/mol. The number of aliphatic hydroxyl groups is 2. The smallest absolute Gasteiger partial charge is 0.271 e. The van der Waals surface area contributed by atoms with Crippen LogP contribution in [0.4, 0.5) is 11.4 Å². The summed E-state index contributed by atoms with van der Waals surface area (Å²) in [5.41, 5.74) is 5.56. The molecule has 1 aromatic carbocycles. The molecular weight excluding hydrogens is 254 g/mol. The van der Waals surface area contributed by atoms with Gasteiger partial charge in [-0.05, 0) is 6.07 Å². The number of nitrogens with zero attached hydrogens (tertiary/aromatic N) is 1. The normalized spacial score (nSPS) is 13.6. The lowest BCUT2D eigenvalue weighted by Gasteiger charge is -2.19. The number of rotatable bonds is 5. The fraction of sp³-hybridized carbons (Fsp3) is 0.364. The third-order valence-electron chi connectivity index (χ3n) is 2.52. The van der Waals surface area contributed by atoms with Gasteiger partial charge in [-0.3, -0.25) is 14.9 Å². The van der Waals surface area contributed by atoms with Crippen LogP contribution in [-0.4, -0.2) is 33.7 Å². The van der Waals surface area contributed by atoms with Gasteiger partial charge in [-0.25, -0.2) is 0 Å². The van der Waals surface area contributed by atoms with Crippen molar-refractivity contribution in [2.75, 3.05) is 12.3 Å². The Kier molecular flexibility index (Phi) is 4.79. The second kappa shape index (κ2) is 6.12. The number of hydrogen-bond acceptors (Lipinski definition) is 6. The lowest BCUT2D eigenvalue weighted by atomic mass is 10.0. The molecular formula is C11H15N3O5. The van der Waals surface area contributed by atoms with E-state index in [9.17, 15) is 25.1 Å². The fourth-order valence-electron chi connectivity index (χ4n) is 1.51. The first-order valence-electron chi connectivity index (χ1n) is 5.47. The molecule has 0 fully saturated rings. The zero-order chi connectivity index (χ0) is 14.6. The molecule has 0 aliphatic rings. The van der Waals surface area contributed by atoms with Crippen LogP contribution in [0, 0.1) is 10.1 Å². The van der Waals surface area contributed by atoms with Gasteiger partial charge in [-0.1, -0.05) is 0 Å². The number of nitrogen functional groups attached to an aromatic ring is 1. The van der Waals surface area contributed by atoms with E-state index in [1.807, 2.05) is 0 Å². The van der Waals surface area contributed by atoms with Crippen LogP contribution in [0.15, 0.2) is 18.2 Å². The topological polar surface area (TPSA) is 139 Å². The highest BCUT2D eigenvalue weighted by molar-refractivity contribution is 5.72. The van der Waals surface area contributed by atoms with E-state index in [2.05, 4.69) is 5.32 Å². The van der Waals surface area contributed by atoms with Crippen LogP contribution in [0.25, 0.3) is 0 Å². The number of aliphatic hydroxyl groups excluding tert-OH is 2. The SMILES string of the molecule is CC(=O)NCC(O)C(O)c1ccc([N+](=O)[O-])cc1N. The number of nitrogens with one attached hydrogen (secondary N) is 1. The Morgan fingerprint density at radius 3 is 2.63 bits per heavy atom. The summed E-state index contributed by atoms with van der Waals surface area (Å²) in [4.78, 5) is 20.6. The number of carbonyl (C=O) groups excluding carboxylic acids is 1. The Labute approximate surface area is 109 Å². The van der Waals surface area contributed by atoms with Crippen molar-refractivity contribution in [3.63, 3.8) is 0 Å². The van der Waals surface area contributed by atoms with Gasteiger partial charge >= 0.3 is 0 Å². The quantitative estimate of drug-likeness (QED) is 0.329. The first-order chi connectivity index (χ1) is 8.82. The van der Waals surface area contributed by atoms with E-state index in [0.717, 1.165) is 6.07 Å². The van der Waals surface area contributed by atoms with Crippen LogP contribution in [0.1, 0.15) is 18.6 Å². The summed E-state index contributed by atoms with van der Waals surface area (Å²) >= 11 is 0. The van der Waals surface area contributed by atoms with E-state index in [1.54, 1.807) is 0 Å². The number of amides is 1. The molecule has 5 N–H and O–H groups in total. The number of nitro groups is 1. The lowest BCUT2D eigenvalue weighted by molar-refractivity contribution is -0.384. The number of benzene rings is 1. The van der Waals surface area contributed by atoms with Gasteiger partial charge in [-0.15, -0.1) is 0 Å². The van der Waals surface area contributed by atoms with Crippen molar-refractivity contribution < 1.29 is 19.9 Å². The molecule has 8 nitrogen and oxygen atoms in total. The Bertz CT molecular complexity index is 491. The first kappa shape index (κ1) is 14.9. The van der Waals surface area contributed by atoms with E-state index in [0.29, 0.717) is 0 Å². The molecule has 0 aliphatic carbocycles. The first-order valence-corrected chi connectivity index (χ1v) is 5.47. The van der Waals surface area contributed by atoms with E-state index in [4.69, 9.17) is 5.73 Å². The highest BCUT2D eigenvalue weighted by Crippen LogP contribution is 2.26. The average molecular weight is 269 g/mol. The third-order valence-corrected chi connectivity index (χ3v) is 2.52. The summed E-state index contributed by atoms with van der Waals surface area (Å²) in [6.45, 7) is 1.13. The molecule has 1 aromatic rings. The Morgan fingerprint density at radius 2 is 2.16 bits per heavy atom. The summed E-state index contributed by atoms with van der Waals surface area (Å²) < 4.78 is 0. The van der Waals surface area contributed by atoms with E-state index < -0.39 is 17.1 Å². The predicted octanol–water partition coefficient (Wildman–Crippen LogP) is -0.293. The standard InChI is InChI=1S/C11H15N3O5/c1-6(15)13-5-10(16)11(17)8-3-2-7(14(18)19)4-9(8)12/h2-4,10-11,16-17H,5,12H2,1H3,(H,13,15). The second-order valence-electron chi connectivity index (χ2n) is 4.02. The van der Waals surface area contributed by atoms with Crippen LogP contribution in [0.3, 0.4) is 0 Å². The zero-order valence-electron chi connectivity index (χ0n) is 10.2. The van der Waals surface area contributed by atoms with E-state index >= 15 is 0 Å². The Morgan fingerprint density at radius 1 is 1.53 bits per heavy atom. The molecule has 0 saturated carbocycles. The van der Waals surface area contributed by atoms with Gasteiger partial charge in [0.15, 0.2) is 0 Å². The van der Waals surface area contributed by atoms with Gasteiger partial charge in [0.25, 0.3) is 5.69 Å². The van der Waals surface area contributed by atoms with Crippen molar-refractivity contribution >= 4 is 17.3 Å². The molecule has 2 unspecified atom stereocenters. The van der Waals surface area contributed by atoms with Crippen LogP contribution >= 0.6 is 0 Å². The number of nitro benzene ring substituents is 1. The third kappa shape index (κ3) is 3.90. The minimum Gasteiger partial charge on any atom is -0.398 e. The van der Waals surface area contributed by atoms with Gasteiger partial charge < -0.3 is 21.3 Å². The second-order valence-corrected chi connectivity index (χ2v) is 4.02. The highest BCUT2D eigenvalue weighted by atomic mass is 16.6. The summed E-state index contributed by atoms with van der Waals surface area (Å²) in [6, 6.07) is 3.55. The summed E-state index contributed by atoms with van der Waals surface area (Å²) in [5, 5.41) is 32.4. The monoisotopic (exact) mass is 269 g/mol. The van der Waals surface area contributed by atoms with Crippen LogP contribution in [-0.2, 0) is 4.79 Å². The van der Waals surface area contributed by atoms with Crippen molar-refractivity contribution in [1.29, 1.82) is 0 Å². The molecule has 0 spiro atoms. The fourth-order valence-corrected chi connectivity index (χ4v) is 1.51. The van der Waals surface area contributed by atoms with Crippen LogP contribution in [0.2, 0.25) is 0 Å². The van der Waals surface area contributed by atoms with Gasteiger partial charge in [-0.2, -0.15) is 0 Å². The maximum absolute atomic E-state index is 10.7. The van der Waals surface area contributed by atoms with Gasteiger partial charge in [0.05, 0.1) is 4.92 Å². The number of carbonyl (C=O) groups is 1. The number of anilines is 1. The van der Waals surface area contributed by atoms with Crippen molar-refractivity contribution in [1.82, 2.24) is 5.32 Å².